The Hall–Kier alpha value is -2.20. The lowest BCUT2D eigenvalue weighted by atomic mass is 10.3. The highest BCUT2D eigenvalue weighted by atomic mass is 19.4. The highest BCUT2D eigenvalue weighted by molar-refractivity contribution is 5.95. The molecule has 0 saturated heterocycles. The molecule has 0 aliphatic heterocycles. The number of carbonyl (C=O) groups excluding carboxylic acids is 2. The van der Waals surface area contributed by atoms with Crippen LogP contribution in [0.5, 0.6) is 0 Å². The number of rotatable bonds is 4. The molecule has 0 atom stereocenters. The molecule has 0 spiro atoms. The van der Waals surface area contributed by atoms with Gasteiger partial charge in [0.15, 0.2) is 5.82 Å². The van der Waals surface area contributed by atoms with E-state index in [1.807, 2.05) is 0 Å². The molecule has 0 aromatic carbocycles. The average Bonchev–Trinajstić information content (AvgIpc) is 2.71. The first kappa shape index (κ1) is 16.9. The number of likely N-dealkylation sites (N-methyl/N-ethyl adjacent to an activating group) is 1. The molecule has 0 bridgehead atoms. The van der Waals surface area contributed by atoms with E-state index >= 15 is 0 Å². The first-order chi connectivity index (χ1) is 9.45. The summed E-state index contributed by atoms with van der Waals surface area (Å²) in [6, 6.07) is 1.30. The van der Waals surface area contributed by atoms with Crippen molar-refractivity contribution in [3.8, 4) is 0 Å². The zero-order valence-corrected chi connectivity index (χ0v) is 10.8. The highest BCUT2D eigenvalue weighted by Crippen LogP contribution is 2.36. The second-order valence-corrected chi connectivity index (χ2v) is 4.10. The van der Waals surface area contributed by atoms with Crippen molar-refractivity contribution in [3.05, 3.63) is 11.8 Å². The maximum atomic E-state index is 12.8. The second kappa shape index (κ2) is 5.66. The number of halogens is 5. The van der Waals surface area contributed by atoms with Gasteiger partial charge in [0.25, 0.3) is 0 Å². The molecular weight excluding hydrogens is 305 g/mol. The Balaban J connectivity index is 2.66. The number of carbonyl (C=O) groups is 2. The Labute approximate surface area is 114 Å². The van der Waals surface area contributed by atoms with Crippen molar-refractivity contribution in [2.45, 2.75) is 19.0 Å². The van der Waals surface area contributed by atoms with E-state index in [4.69, 9.17) is 0 Å². The first-order valence-electron chi connectivity index (χ1n) is 5.38. The number of aromatic nitrogens is 1. The lowest BCUT2D eigenvalue weighted by molar-refractivity contribution is -0.273. The van der Waals surface area contributed by atoms with Crippen molar-refractivity contribution < 1.29 is 36.1 Å². The Morgan fingerprint density at radius 3 is 2.33 bits per heavy atom. The number of nitrogens with one attached hydrogen (secondary N) is 1. The van der Waals surface area contributed by atoms with Gasteiger partial charge in [-0.15, -0.1) is 0 Å². The summed E-state index contributed by atoms with van der Waals surface area (Å²) in [5.74, 6) is -8.80. The molecule has 2 amide bonds. The molecule has 0 aliphatic rings. The number of hydrogen-bond donors (Lipinski definition) is 1. The van der Waals surface area contributed by atoms with Gasteiger partial charge in [-0.1, -0.05) is 5.16 Å². The summed E-state index contributed by atoms with van der Waals surface area (Å²) in [4.78, 5) is 22.4. The summed E-state index contributed by atoms with van der Waals surface area (Å²) in [7, 11) is 0.648. The highest BCUT2D eigenvalue weighted by Gasteiger charge is 2.64. The van der Waals surface area contributed by atoms with Crippen LogP contribution in [-0.2, 0) is 9.59 Å². The van der Waals surface area contributed by atoms with Crippen molar-refractivity contribution in [1.82, 2.24) is 10.1 Å². The predicted molar refractivity (Wildman–Crippen MR) is 58.5 cm³/mol. The van der Waals surface area contributed by atoms with Crippen LogP contribution in [0.3, 0.4) is 0 Å². The first-order valence-corrected chi connectivity index (χ1v) is 5.38. The van der Waals surface area contributed by atoms with Crippen LogP contribution in [0.4, 0.5) is 27.8 Å². The molecular formula is C10H10F5N3O3. The van der Waals surface area contributed by atoms with Crippen LogP contribution in [0.15, 0.2) is 10.6 Å². The fourth-order valence-electron chi connectivity index (χ4n) is 1.26. The van der Waals surface area contributed by atoms with Crippen LogP contribution >= 0.6 is 0 Å². The Bertz CT molecular complexity index is 540. The van der Waals surface area contributed by atoms with Gasteiger partial charge in [0.1, 0.15) is 5.76 Å². The average molecular weight is 315 g/mol. The quantitative estimate of drug-likeness (QED) is 0.856. The molecule has 1 rings (SSSR count). The fourth-order valence-corrected chi connectivity index (χ4v) is 1.26. The lowest BCUT2D eigenvalue weighted by Crippen LogP contribution is -2.52. The van der Waals surface area contributed by atoms with E-state index in [1.165, 1.54) is 13.0 Å². The van der Waals surface area contributed by atoms with Crippen molar-refractivity contribution >= 4 is 17.6 Å². The smallest absolute Gasteiger partial charge is 0.360 e. The van der Waals surface area contributed by atoms with Crippen LogP contribution in [0.1, 0.15) is 5.76 Å². The van der Waals surface area contributed by atoms with E-state index < -0.39 is 30.5 Å². The maximum absolute atomic E-state index is 12.8. The van der Waals surface area contributed by atoms with E-state index in [2.05, 4.69) is 15.0 Å². The summed E-state index contributed by atoms with van der Waals surface area (Å²) in [5.41, 5.74) is 0. The maximum Gasteiger partial charge on any atom is 0.463 e. The molecule has 1 N–H and O–H groups in total. The third kappa shape index (κ3) is 3.89. The van der Waals surface area contributed by atoms with Gasteiger partial charge >= 0.3 is 18.0 Å². The Morgan fingerprint density at radius 2 is 1.90 bits per heavy atom. The zero-order valence-electron chi connectivity index (χ0n) is 10.8. The topological polar surface area (TPSA) is 75.4 Å². The molecule has 0 radical (unpaired) electrons. The van der Waals surface area contributed by atoms with E-state index in [9.17, 15) is 31.5 Å². The fraction of sp³-hybridized carbons (Fsp3) is 0.500. The van der Waals surface area contributed by atoms with Crippen LogP contribution in [0.25, 0.3) is 0 Å². The molecule has 0 saturated carbocycles. The summed E-state index contributed by atoms with van der Waals surface area (Å²) in [6.07, 6.45) is -6.03. The molecule has 1 aromatic rings. The van der Waals surface area contributed by atoms with Gasteiger partial charge in [-0.25, -0.2) is 0 Å². The van der Waals surface area contributed by atoms with Crippen molar-refractivity contribution in [2.24, 2.45) is 0 Å². The van der Waals surface area contributed by atoms with Gasteiger partial charge in [-0.3, -0.25) is 9.59 Å². The molecule has 11 heteroatoms. The largest absolute Gasteiger partial charge is 0.463 e. The van der Waals surface area contributed by atoms with Gasteiger partial charge in [0.05, 0.1) is 6.54 Å². The summed E-state index contributed by atoms with van der Waals surface area (Å²) in [6.45, 7) is 0.513. The number of amides is 2. The summed E-state index contributed by atoms with van der Waals surface area (Å²) < 4.78 is 66.2. The molecule has 6 nitrogen and oxygen atoms in total. The van der Waals surface area contributed by atoms with Gasteiger partial charge in [-0.05, 0) is 6.92 Å². The second-order valence-electron chi connectivity index (χ2n) is 4.10. The Morgan fingerprint density at radius 1 is 1.33 bits per heavy atom. The number of hydrogen-bond acceptors (Lipinski definition) is 4. The van der Waals surface area contributed by atoms with Gasteiger partial charge in [0.2, 0.25) is 5.91 Å². The van der Waals surface area contributed by atoms with Crippen LogP contribution in [0.2, 0.25) is 0 Å². The normalized spacial score (nSPS) is 12.1. The van der Waals surface area contributed by atoms with Crippen molar-refractivity contribution in [2.75, 3.05) is 18.9 Å². The standard InChI is InChI=1S/C10H10F5N3O3/c1-5-3-6(17-21-5)16-7(19)4-18(2)8(20)9(11,12)10(13,14)15/h3H,4H2,1-2H3,(H,16,17,19). The van der Waals surface area contributed by atoms with E-state index in [1.54, 1.807) is 0 Å². The van der Waals surface area contributed by atoms with Crippen LogP contribution in [-0.4, -0.2) is 47.6 Å². The van der Waals surface area contributed by atoms with Crippen molar-refractivity contribution in [1.29, 1.82) is 0 Å². The van der Waals surface area contributed by atoms with E-state index in [0.717, 1.165) is 0 Å². The Kier molecular flexibility index (Phi) is 4.54. The summed E-state index contributed by atoms with van der Waals surface area (Å²) in [5, 5.41) is 5.43. The number of nitrogens with zero attached hydrogens (tertiary/aromatic N) is 2. The number of aryl methyl sites for hydroxylation is 1. The van der Waals surface area contributed by atoms with E-state index in [-0.39, 0.29) is 10.7 Å². The minimum Gasteiger partial charge on any atom is -0.360 e. The predicted octanol–water partition coefficient (Wildman–Crippen LogP) is 1.58. The molecule has 0 fully saturated rings. The SMILES string of the molecule is Cc1cc(NC(=O)CN(C)C(=O)C(F)(F)C(F)(F)F)no1. The molecule has 1 heterocycles. The summed E-state index contributed by atoms with van der Waals surface area (Å²) >= 11 is 0. The molecule has 0 unspecified atom stereocenters. The van der Waals surface area contributed by atoms with Gasteiger partial charge in [0, 0.05) is 13.1 Å². The third-order valence-electron chi connectivity index (χ3n) is 2.25. The minimum absolute atomic E-state index is 0.0320. The molecule has 0 aliphatic carbocycles. The minimum atomic E-state index is -6.03. The number of anilines is 1. The lowest BCUT2D eigenvalue weighted by Gasteiger charge is -2.24. The van der Waals surface area contributed by atoms with E-state index in [0.29, 0.717) is 12.8 Å². The monoisotopic (exact) mass is 315 g/mol. The van der Waals surface area contributed by atoms with Crippen LogP contribution < -0.4 is 5.32 Å². The molecule has 118 valence electrons. The number of alkyl halides is 5. The van der Waals surface area contributed by atoms with Crippen molar-refractivity contribution in [3.63, 3.8) is 0 Å². The zero-order chi connectivity index (χ0) is 16.4. The molecule has 21 heavy (non-hydrogen) atoms. The third-order valence-corrected chi connectivity index (χ3v) is 2.25. The van der Waals surface area contributed by atoms with Crippen LogP contribution in [0, 0.1) is 6.92 Å². The van der Waals surface area contributed by atoms with Gasteiger partial charge in [-0.2, -0.15) is 22.0 Å². The molecule has 1 aromatic heterocycles. The van der Waals surface area contributed by atoms with Gasteiger partial charge < -0.3 is 14.7 Å².